The minimum Gasteiger partial charge on any atom is -0.278 e. The van der Waals surface area contributed by atoms with E-state index in [1.54, 1.807) is 10.6 Å². The number of hydrogen-bond acceptors (Lipinski definition) is 3. The summed E-state index contributed by atoms with van der Waals surface area (Å²) >= 11 is 3.30. The smallest absolute Gasteiger partial charge is 0.278 e. The Bertz CT molecular complexity index is 652. The summed E-state index contributed by atoms with van der Waals surface area (Å²) in [6.45, 7) is 0.362. The van der Waals surface area contributed by atoms with E-state index in [1.165, 1.54) is 4.90 Å². The van der Waals surface area contributed by atoms with Crippen molar-refractivity contribution in [3.05, 3.63) is 28.9 Å². The summed E-state index contributed by atoms with van der Waals surface area (Å²) in [5, 5.41) is 6.56. The van der Waals surface area contributed by atoms with E-state index in [1.807, 2.05) is 18.2 Å². The van der Waals surface area contributed by atoms with Crippen LogP contribution in [0.3, 0.4) is 0 Å². The summed E-state index contributed by atoms with van der Waals surface area (Å²) in [7, 11) is 0. The van der Waals surface area contributed by atoms with Gasteiger partial charge in [0.1, 0.15) is 10.4 Å². The van der Waals surface area contributed by atoms with Crippen molar-refractivity contribution in [1.29, 1.82) is 0 Å². The van der Waals surface area contributed by atoms with Crippen LogP contribution in [0.4, 0.5) is 10.6 Å². The molecular formula is C11H9BrN4O2. The highest BCUT2D eigenvalue weighted by Gasteiger charge is 2.26. The van der Waals surface area contributed by atoms with E-state index in [9.17, 15) is 9.59 Å². The van der Waals surface area contributed by atoms with Gasteiger partial charge in [0.15, 0.2) is 0 Å². The molecule has 0 unspecified atom stereocenters. The molecule has 0 aliphatic carbocycles. The number of imide groups is 1. The molecule has 7 heteroatoms. The number of aromatic nitrogens is 2. The third-order valence-corrected chi connectivity index (χ3v) is 3.15. The van der Waals surface area contributed by atoms with Crippen molar-refractivity contribution in [3.8, 4) is 0 Å². The van der Waals surface area contributed by atoms with Crippen molar-refractivity contribution in [2.24, 2.45) is 0 Å². The molecule has 0 bridgehead atoms. The largest absolute Gasteiger partial charge is 0.329 e. The molecule has 1 saturated heterocycles. The number of nitrogens with zero attached hydrogens (tertiary/aromatic N) is 3. The standard InChI is InChI=1S/C11H9BrN4O2/c12-8-6-7-2-1-3-10(16(7)14-8)15-5-4-9(17)13-11(15)18/h1-3,6H,4-5H2,(H,13,17,18). The number of anilines is 1. The summed E-state index contributed by atoms with van der Waals surface area (Å²) in [4.78, 5) is 24.4. The van der Waals surface area contributed by atoms with Crippen molar-refractivity contribution in [2.75, 3.05) is 11.4 Å². The van der Waals surface area contributed by atoms with Gasteiger partial charge in [-0.2, -0.15) is 5.10 Å². The van der Waals surface area contributed by atoms with Gasteiger partial charge in [-0.15, -0.1) is 0 Å². The monoisotopic (exact) mass is 308 g/mol. The van der Waals surface area contributed by atoms with Gasteiger partial charge in [0, 0.05) is 13.0 Å². The Hall–Kier alpha value is -1.89. The fourth-order valence-electron chi connectivity index (χ4n) is 1.96. The molecule has 2 aromatic rings. The number of halogens is 1. The second kappa shape index (κ2) is 4.09. The zero-order valence-electron chi connectivity index (χ0n) is 9.26. The third-order valence-electron chi connectivity index (χ3n) is 2.77. The Kier molecular flexibility index (Phi) is 2.55. The first-order valence-electron chi connectivity index (χ1n) is 5.41. The highest BCUT2D eigenvalue weighted by atomic mass is 79.9. The van der Waals surface area contributed by atoms with Crippen LogP contribution in [0.25, 0.3) is 5.52 Å². The lowest BCUT2D eigenvalue weighted by Crippen LogP contribution is -2.50. The normalized spacial score (nSPS) is 16.2. The average molecular weight is 309 g/mol. The fraction of sp³-hybridized carbons (Fsp3) is 0.182. The van der Waals surface area contributed by atoms with E-state index < -0.39 is 6.03 Å². The van der Waals surface area contributed by atoms with Gasteiger partial charge in [0.2, 0.25) is 5.91 Å². The summed E-state index contributed by atoms with van der Waals surface area (Å²) in [6, 6.07) is 6.99. The molecule has 92 valence electrons. The quantitative estimate of drug-likeness (QED) is 0.869. The van der Waals surface area contributed by atoms with E-state index >= 15 is 0 Å². The predicted molar refractivity (Wildman–Crippen MR) is 68.4 cm³/mol. The Morgan fingerprint density at radius 2 is 2.17 bits per heavy atom. The SMILES string of the molecule is O=C1CCN(c2cccc3cc(Br)nn23)C(=O)N1. The molecular weight excluding hydrogens is 300 g/mol. The molecule has 3 rings (SSSR count). The Balaban J connectivity index is 2.08. The highest BCUT2D eigenvalue weighted by molar-refractivity contribution is 9.10. The van der Waals surface area contributed by atoms with Crippen LogP contribution in [-0.4, -0.2) is 28.1 Å². The first-order chi connectivity index (χ1) is 8.65. The van der Waals surface area contributed by atoms with Gasteiger partial charge in [-0.1, -0.05) is 6.07 Å². The van der Waals surface area contributed by atoms with Crippen LogP contribution in [0.2, 0.25) is 0 Å². The Morgan fingerprint density at radius 3 is 2.94 bits per heavy atom. The number of fused-ring (bicyclic) bond motifs is 1. The summed E-state index contributed by atoms with van der Waals surface area (Å²) in [6.07, 6.45) is 0.296. The van der Waals surface area contributed by atoms with Crippen LogP contribution < -0.4 is 10.2 Å². The lowest BCUT2D eigenvalue weighted by molar-refractivity contribution is -0.120. The van der Waals surface area contributed by atoms with Crippen molar-refractivity contribution >= 4 is 39.2 Å². The maximum absolute atomic E-state index is 11.8. The van der Waals surface area contributed by atoms with Gasteiger partial charge in [-0.25, -0.2) is 9.31 Å². The van der Waals surface area contributed by atoms with Crippen LogP contribution in [0, 0.1) is 0 Å². The zero-order valence-corrected chi connectivity index (χ0v) is 10.8. The van der Waals surface area contributed by atoms with Gasteiger partial charge in [-0.05, 0) is 34.1 Å². The van der Waals surface area contributed by atoms with E-state index in [4.69, 9.17) is 0 Å². The first kappa shape index (κ1) is 11.2. The molecule has 0 spiro atoms. The van der Waals surface area contributed by atoms with Crippen molar-refractivity contribution in [2.45, 2.75) is 6.42 Å². The van der Waals surface area contributed by atoms with E-state index in [0.29, 0.717) is 23.4 Å². The molecule has 1 N–H and O–H groups in total. The van der Waals surface area contributed by atoms with Gasteiger partial charge in [-0.3, -0.25) is 15.0 Å². The van der Waals surface area contributed by atoms with Crippen LogP contribution in [0.1, 0.15) is 6.42 Å². The molecule has 0 atom stereocenters. The van der Waals surface area contributed by atoms with E-state index in [2.05, 4.69) is 26.3 Å². The number of rotatable bonds is 1. The number of carbonyl (C=O) groups excluding carboxylic acids is 2. The number of urea groups is 1. The van der Waals surface area contributed by atoms with Gasteiger partial charge in [0.25, 0.3) is 0 Å². The Labute approximate surface area is 111 Å². The van der Waals surface area contributed by atoms with Gasteiger partial charge in [0.05, 0.1) is 5.52 Å². The first-order valence-corrected chi connectivity index (χ1v) is 6.20. The molecule has 0 radical (unpaired) electrons. The van der Waals surface area contributed by atoms with Crippen LogP contribution in [0.5, 0.6) is 0 Å². The number of nitrogens with one attached hydrogen (secondary N) is 1. The number of pyridine rings is 1. The molecule has 1 fully saturated rings. The molecule has 18 heavy (non-hydrogen) atoms. The lowest BCUT2D eigenvalue weighted by Gasteiger charge is -2.26. The number of carbonyl (C=O) groups is 2. The second-order valence-electron chi connectivity index (χ2n) is 3.94. The van der Waals surface area contributed by atoms with Crippen LogP contribution in [0.15, 0.2) is 28.9 Å². The van der Waals surface area contributed by atoms with Gasteiger partial charge >= 0.3 is 6.03 Å². The average Bonchev–Trinajstić information content (AvgIpc) is 2.69. The predicted octanol–water partition coefficient (Wildman–Crippen LogP) is 1.54. The van der Waals surface area contributed by atoms with Crippen LogP contribution >= 0.6 is 15.9 Å². The summed E-state index contributed by atoms with van der Waals surface area (Å²) in [5.41, 5.74) is 0.879. The Morgan fingerprint density at radius 1 is 1.33 bits per heavy atom. The second-order valence-corrected chi connectivity index (χ2v) is 4.76. The highest BCUT2D eigenvalue weighted by Crippen LogP contribution is 2.21. The zero-order chi connectivity index (χ0) is 12.7. The van der Waals surface area contributed by atoms with Crippen LogP contribution in [-0.2, 0) is 4.79 Å². The number of amides is 3. The molecule has 1 aliphatic rings. The minimum absolute atomic E-state index is 0.245. The van der Waals surface area contributed by atoms with Gasteiger partial charge < -0.3 is 0 Å². The topological polar surface area (TPSA) is 66.7 Å². The van der Waals surface area contributed by atoms with Crippen molar-refractivity contribution in [3.63, 3.8) is 0 Å². The molecule has 3 heterocycles. The molecule has 3 amide bonds. The summed E-state index contributed by atoms with van der Waals surface area (Å²) in [5.74, 6) is 0.397. The van der Waals surface area contributed by atoms with E-state index in [0.717, 1.165) is 5.52 Å². The minimum atomic E-state index is -0.412. The maximum atomic E-state index is 11.8. The molecule has 0 saturated carbocycles. The van der Waals surface area contributed by atoms with Crippen molar-refractivity contribution in [1.82, 2.24) is 14.9 Å². The summed E-state index contributed by atoms with van der Waals surface area (Å²) < 4.78 is 2.36. The maximum Gasteiger partial charge on any atom is 0.329 e. The molecule has 2 aromatic heterocycles. The molecule has 6 nitrogen and oxygen atoms in total. The fourth-order valence-corrected chi connectivity index (χ4v) is 2.35. The van der Waals surface area contributed by atoms with E-state index in [-0.39, 0.29) is 5.91 Å². The number of hydrogen-bond donors (Lipinski definition) is 1. The third kappa shape index (κ3) is 1.76. The molecule has 0 aromatic carbocycles. The molecule has 1 aliphatic heterocycles. The van der Waals surface area contributed by atoms with Crippen molar-refractivity contribution < 1.29 is 9.59 Å². The lowest BCUT2D eigenvalue weighted by atomic mass is 10.3.